The van der Waals surface area contributed by atoms with E-state index in [1.807, 2.05) is 0 Å². The Kier molecular flexibility index (Phi) is 6.60. The Labute approximate surface area is 158 Å². The van der Waals surface area contributed by atoms with Crippen molar-refractivity contribution in [1.82, 2.24) is 0 Å². The molecular weight excluding hydrogens is 375 g/mol. The van der Waals surface area contributed by atoms with E-state index in [-0.39, 0.29) is 34.9 Å². The van der Waals surface area contributed by atoms with Gasteiger partial charge in [0.1, 0.15) is 11.8 Å². The van der Waals surface area contributed by atoms with Crippen LogP contribution in [-0.4, -0.2) is 24.6 Å². The van der Waals surface area contributed by atoms with Gasteiger partial charge in [-0.1, -0.05) is 13.0 Å². The molecule has 2 aromatic rings. The molecule has 2 aromatic carbocycles. The number of ether oxygens (including phenoxy) is 1. The molecule has 0 aromatic heterocycles. The van der Waals surface area contributed by atoms with Crippen LogP contribution in [0.25, 0.3) is 0 Å². The summed E-state index contributed by atoms with van der Waals surface area (Å²) in [7, 11) is 0. The molecule has 0 radical (unpaired) electrons. The number of amides is 2. The zero-order valence-electron chi connectivity index (χ0n) is 14.8. The molecule has 0 bridgehead atoms. The second kappa shape index (κ2) is 8.90. The molecule has 0 heterocycles. The van der Waals surface area contributed by atoms with E-state index >= 15 is 0 Å². The van der Waals surface area contributed by atoms with Crippen molar-refractivity contribution in [1.29, 1.82) is 5.26 Å². The number of nitrogens with zero attached hydrogens (tertiary/aromatic N) is 1. The van der Waals surface area contributed by atoms with Gasteiger partial charge in [0, 0.05) is 23.4 Å². The number of alkyl halides is 3. The lowest BCUT2D eigenvalue weighted by Crippen LogP contribution is -2.19. The molecule has 0 aliphatic heterocycles. The lowest BCUT2D eigenvalue weighted by Gasteiger charge is -2.12. The maximum atomic E-state index is 12.4. The summed E-state index contributed by atoms with van der Waals surface area (Å²) in [6.07, 6.45) is -4.24. The van der Waals surface area contributed by atoms with Gasteiger partial charge in [0.25, 0.3) is 5.91 Å². The Hall–Kier alpha value is -3.54. The highest BCUT2D eigenvalue weighted by atomic mass is 19.4. The van der Waals surface area contributed by atoms with Gasteiger partial charge in [0.15, 0.2) is 6.61 Å². The van der Waals surface area contributed by atoms with Crippen LogP contribution >= 0.6 is 0 Å². The van der Waals surface area contributed by atoms with Crippen LogP contribution in [0.5, 0.6) is 5.75 Å². The van der Waals surface area contributed by atoms with Gasteiger partial charge in [0.05, 0.1) is 5.56 Å². The maximum Gasteiger partial charge on any atom is 0.422 e. The first-order valence-electron chi connectivity index (χ1n) is 8.17. The number of rotatable bonds is 6. The van der Waals surface area contributed by atoms with Crippen LogP contribution in [0.3, 0.4) is 0 Å². The first kappa shape index (κ1) is 20.8. The standard InChI is InChI=1S/C19H16F3N3O3/c1-2-17(26)24-14-5-3-4-12(8-14)18(27)25-15-6-7-16(13(9-15)10-23)28-11-19(20,21)22/h3-9H,2,11H2,1H3,(H,24,26)(H,25,27). The Morgan fingerprint density at radius 2 is 1.82 bits per heavy atom. The third-order valence-electron chi connectivity index (χ3n) is 3.48. The minimum atomic E-state index is -4.53. The first-order chi connectivity index (χ1) is 13.2. The van der Waals surface area contributed by atoms with Gasteiger partial charge in [-0.25, -0.2) is 0 Å². The molecule has 6 nitrogen and oxygen atoms in total. The number of hydrogen-bond acceptors (Lipinski definition) is 4. The van der Waals surface area contributed by atoms with Gasteiger partial charge in [0.2, 0.25) is 5.91 Å². The summed E-state index contributed by atoms with van der Waals surface area (Å²) in [5.74, 6) is -0.951. The summed E-state index contributed by atoms with van der Waals surface area (Å²) in [4.78, 5) is 23.8. The topological polar surface area (TPSA) is 91.2 Å². The van der Waals surface area contributed by atoms with Crippen molar-refractivity contribution in [3.05, 3.63) is 53.6 Å². The predicted molar refractivity (Wildman–Crippen MR) is 96.0 cm³/mol. The third-order valence-corrected chi connectivity index (χ3v) is 3.48. The lowest BCUT2D eigenvalue weighted by atomic mass is 10.1. The molecule has 0 saturated heterocycles. The summed E-state index contributed by atoms with van der Waals surface area (Å²) in [5, 5.41) is 14.3. The van der Waals surface area contributed by atoms with E-state index < -0.39 is 18.7 Å². The number of nitrogens with one attached hydrogen (secondary N) is 2. The molecule has 0 spiro atoms. The Morgan fingerprint density at radius 3 is 2.46 bits per heavy atom. The molecule has 146 valence electrons. The van der Waals surface area contributed by atoms with Crippen molar-refractivity contribution in [2.24, 2.45) is 0 Å². The minimum Gasteiger partial charge on any atom is -0.483 e. The van der Waals surface area contributed by atoms with Crippen molar-refractivity contribution in [2.45, 2.75) is 19.5 Å². The van der Waals surface area contributed by atoms with Crippen molar-refractivity contribution in [3.63, 3.8) is 0 Å². The Bertz CT molecular complexity index is 921. The minimum absolute atomic E-state index is 0.147. The fourth-order valence-electron chi connectivity index (χ4n) is 2.17. The predicted octanol–water partition coefficient (Wildman–Crippen LogP) is 4.10. The Morgan fingerprint density at radius 1 is 1.11 bits per heavy atom. The van der Waals surface area contributed by atoms with Crippen LogP contribution in [0.1, 0.15) is 29.3 Å². The summed E-state index contributed by atoms with van der Waals surface area (Å²) in [5.41, 5.74) is 0.771. The van der Waals surface area contributed by atoms with Gasteiger partial charge in [-0.05, 0) is 36.4 Å². The summed E-state index contributed by atoms with van der Waals surface area (Å²) in [6.45, 7) is 0.171. The largest absolute Gasteiger partial charge is 0.483 e. The maximum absolute atomic E-state index is 12.4. The lowest BCUT2D eigenvalue weighted by molar-refractivity contribution is -0.153. The number of benzene rings is 2. The smallest absolute Gasteiger partial charge is 0.422 e. The molecule has 0 atom stereocenters. The molecule has 0 aliphatic rings. The van der Waals surface area contributed by atoms with Gasteiger partial charge < -0.3 is 15.4 Å². The van der Waals surface area contributed by atoms with Gasteiger partial charge in [-0.15, -0.1) is 0 Å². The molecule has 2 rings (SSSR count). The highest BCUT2D eigenvalue weighted by Gasteiger charge is 2.28. The second-order valence-electron chi connectivity index (χ2n) is 5.66. The van der Waals surface area contributed by atoms with Crippen LogP contribution in [0.2, 0.25) is 0 Å². The number of halogens is 3. The molecule has 0 aliphatic carbocycles. The SMILES string of the molecule is CCC(=O)Nc1cccc(C(=O)Nc2ccc(OCC(F)(F)F)c(C#N)c2)c1. The molecular formula is C19H16F3N3O3. The van der Waals surface area contributed by atoms with Crippen molar-refractivity contribution < 1.29 is 27.5 Å². The summed E-state index contributed by atoms with van der Waals surface area (Å²) in [6, 6.07) is 11.7. The highest BCUT2D eigenvalue weighted by molar-refractivity contribution is 6.05. The first-order valence-corrected chi connectivity index (χ1v) is 8.17. The zero-order chi connectivity index (χ0) is 20.7. The number of carbonyl (C=O) groups is 2. The summed E-state index contributed by atoms with van der Waals surface area (Å²) >= 11 is 0. The van der Waals surface area contributed by atoms with Crippen molar-refractivity contribution >= 4 is 23.2 Å². The number of anilines is 2. The highest BCUT2D eigenvalue weighted by Crippen LogP contribution is 2.25. The van der Waals surface area contributed by atoms with Gasteiger partial charge in [-0.2, -0.15) is 18.4 Å². The van der Waals surface area contributed by atoms with Crippen molar-refractivity contribution in [3.8, 4) is 11.8 Å². The third kappa shape index (κ3) is 6.02. The van der Waals surface area contributed by atoms with E-state index in [1.165, 1.54) is 30.3 Å². The number of nitriles is 1. The summed E-state index contributed by atoms with van der Waals surface area (Å²) < 4.78 is 41.4. The normalized spacial score (nSPS) is 10.7. The number of carbonyl (C=O) groups excluding carboxylic acids is 2. The second-order valence-corrected chi connectivity index (χ2v) is 5.66. The average molecular weight is 391 g/mol. The van der Waals surface area contributed by atoms with Gasteiger partial charge >= 0.3 is 6.18 Å². The van der Waals surface area contributed by atoms with E-state index in [2.05, 4.69) is 15.4 Å². The molecule has 2 amide bonds. The Balaban J connectivity index is 2.13. The van der Waals surface area contributed by atoms with E-state index in [0.29, 0.717) is 5.69 Å². The number of hydrogen-bond donors (Lipinski definition) is 2. The van der Waals surface area contributed by atoms with Crippen molar-refractivity contribution in [2.75, 3.05) is 17.2 Å². The average Bonchev–Trinajstić information content (AvgIpc) is 2.66. The quantitative estimate of drug-likeness (QED) is 0.776. The fraction of sp³-hybridized carbons (Fsp3) is 0.211. The molecule has 28 heavy (non-hydrogen) atoms. The van der Waals surface area contributed by atoms with E-state index in [0.717, 1.165) is 0 Å². The molecule has 0 fully saturated rings. The molecule has 9 heteroatoms. The van der Waals surface area contributed by atoms with Crippen LogP contribution in [0.15, 0.2) is 42.5 Å². The molecule has 0 saturated carbocycles. The zero-order valence-corrected chi connectivity index (χ0v) is 14.8. The van der Waals surface area contributed by atoms with Crippen LogP contribution in [0, 0.1) is 11.3 Å². The van der Waals surface area contributed by atoms with Crippen LogP contribution in [-0.2, 0) is 4.79 Å². The van der Waals surface area contributed by atoms with E-state index in [1.54, 1.807) is 25.1 Å². The van der Waals surface area contributed by atoms with Crippen LogP contribution < -0.4 is 15.4 Å². The van der Waals surface area contributed by atoms with E-state index in [9.17, 15) is 22.8 Å². The molecule has 2 N–H and O–H groups in total. The fourth-order valence-corrected chi connectivity index (χ4v) is 2.17. The monoisotopic (exact) mass is 391 g/mol. The van der Waals surface area contributed by atoms with Gasteiger partial charge in [-0.3, -0.25) is 9.59 Å². The molecule has 0 unspecified atom stereocenters. The van der Waals surface area contributed by atoms with Crippen LogP contribution in [0.4, 0.5) is 24.5 Å². The van der Waals surface area contributed by atoms with E-state index in [4.69, 9.17) is 5.26 Å².